The van der Waals surface area contributed by atoms with Crippen molar-refractivity contribution in [2.24, 2.45) is 0 Å². The van der Waals surface area contributed by atoms with Crippen LogP contribution in [-0.2, 0) is 9.59 Å². The van der Waals surface area contributed by atoms with Gasteiger partial charge in [0.15, 0.2) is 0 Å². The van der Waals surface area contributed by atoms with Gasteiger partial charge < -0.3 is 15.3 Å². The molecule has 5 heteroatoms. The number of hydrogen-bond donors (Lipinski definition) is 2. The van der Waals surface area contributed by atoms with Gasteiger partial charge >= 0.3 is 0 Å². The van der Waals surface area contributed by atoms with Crippen molar-refractivity contribution < 1.29 is 14.7 Å². The molecule has 0 aromatic carbocycles. The Labute approximate surface area is 102 Å². The van der Waals surface area contributed by atoms with Crippen LogP contribution in [0.5, 0.6) is 0 Å². The minimum absolute atomic E-state index is 0.0388. The van der Waals surface area contributed by atoms with Gasteiger partial charge in [0.05, 0.1) is 6.61 Å². The van der Waals surface area contributed by atoms with E-state index in [1.54, 1.807) is 4.90 Å². The number of aliphatic hydroxyl groups excluding tert-OH is 1. The molecule has 0 aliphatic carbocycles. The molecule has 1 fully saturated rings. The molecule has 0 aromatic heterocycles. The molecule has 0 spiro atoms. The monoisotopic (exact) mass is 242 g/mol. The summed E-state index contributed by atoms with van der Waals surface area (Å²) in [6.07, 6.45) is 2.72. The number of nitrogens with zero attached hydrogens (tertiary/aromatic N) is 1. The van der Waals surface area contributed by atoms with E-state index >= 15 is 0 Å². The number of aliphatic hydroxyl groups is 1. The molecule has 5 nitrogen and oxygen atoms in total. The fourth-order valence-corrected chi connectivity index (χ4v) is 2.31. The Morgan fingerprint density at radius 3 is 2.59 bits per heavy atom. The molecule has 1 unspecified atom stereocenters. The van der Waals surface area contributed by atoms with Crippen molar-refractivity contribution in [3.05, 3.63) is 0 Å². The third-order valence-corrected chi connectivity index (χ3v) is 3.30. The van der Waals surface area contributed by atoms with Gasteiger partial charge in [-0.15, -0.1) is 0 Å². The van der Waals surface area contributed by atoms with Gasteiger partial charge in [0.2, 0.25) is 11.8 Å². The summed E-state index contributed by atoms with van der Waals surface area (Å²) in [5.74, 6) is -0.115. The van der Waals surface area contributed by atoms with E-state index in [0.29, 0.717) is 19.4 Å². The predicted molar refractivity (Wildman–Crippen MR) is 64.3 cm³/mol. The lowest BCUT2D eigenvalue weighted by Gasteiger charge is -2.32. The number of carbonyl (C=O) groups is 2. The molecule has 1 heterocycles. The van der Waals surface area contributed by atoms with E-state index in [0.717, 1.165) is 12.8 Å². The summed E-state index contributed by atoms with van der Waals surface area (Å²) in [6, 6.07) is -0.248. The molecular weight excluding hydrogens is 220 g/mol. The fraction of sp³-hybridized carbons (Fsp3) is 0.833. The zero-order valence-electron chi connectivity index (χ0n) is 10.6. The molecule has 2 amide bonds. The van der Waals surface area contributed by atoms with Gasteiger partial charge in [-0.1, -0.05) is 13.8 Å². The molecule has 0 saturated carbocycles. The second-order valence-corrected chi connectivity index (χ2v) is 4.38. The first-order chi connectivity index (χ1) is 8.13. The molecule has 1 atom stereocenters. The standard InChI is InChI=1S/C12H22N2O3/c1-3-9(4-2)14(7-8-15)12(17)10-5-6-11(16)13-10/h9-10,15H,3-8H2,1-2H3,(H,13,16). The number of rotatable bonds is 6. The average molecular weight is 242 g/mol. The highest BCUT2D eigenvalue weighted by atomic mass is 16.3. The largest absolute Gasteiger partial charge is 0.395 e. The second-order valence-electron chi connectivity index (χ2n) is 4.38. The maximum Gasteiger partial charge on any atom is 0.245 e. The molecular formula is C12H22N2O3. The predicted octanol–water partition coefficient (Wildman–Crippen LogP) is 0.274. The molecule has 2 N–H and O–H groups in total. The number of hydrogen-bond acceptors (Lipinski definition) is 3. The van der Waals surface area contributed by atoms with Gasteiger partial charge in [0, 0.05) is 19.0 Å². The summed E-state index contributed by atoms with van der Waals surface area (Å²) in [5.41, 5.74) is 0. The third kappa shape index (κ3) is 3.43. The first-order valence-corrected chi connectivity index (χ1v) is 6.34. The Balaban J connectivity index is 2.68. The van der Waals surface area contributed by atoms with E-state index in [1.807, 2.05) is 13.8 Å². The molecule has 0 radical (unpaired) electrons. The summed E-state index contributed by atoms with van der Waals surface area (Å²) in [7, 11) is 0. The Bertz CT molecular complexity index is 277. The zero-order valence-corrected chi connectivity index (χ0v) is 10.6. The first-order valence-electron chi connectivity index (χ1n) is 6.34. The van der Waals surface area contributed by atoms with Gasteiger partial charge in [-0.3, -0.25) is 9.59 Å². The Morgan fingerprint density at radius 1 is 1.53 bits per heavy atom. The van der Waals surface area contributed by atoms with Crippen molar-refractivity contribution in [1.82, 2.24) is 10.2 Å². The van der Waals surface area contributed by atoms with Crippen LogP contribution in [0, 0.1) is 0 Å². The second kappa shape index (κ2) is 6.59. The molecule has 1 rings (SSSR count). The smallest absolute Gasteiger partial charge is 0.245 e. The van der Waals surface area contributed by atoms with E-state index in [4.69, 9.17) is 5.11 Å². The number of amides is 2. The molecule has 1 aliphatic heterocycles. The molecule has 1 saturated heterocycles. The lowest BCUT2D eigenvalue weighted by molar-refractivity contribution is -0.137. The molecule has 17 heavy (non-hydrogen) atoms. The summed E-state index contributed by atoms with van der Waals surface area (Å²) >= 11 is 0. The highest BCUT2D eigenvalue weighted by Crippen LogP contribution is 2.15. The van der Waals surface area contributed by atoms with Crippen LogP contribution in [0.4, 0.5) is 0 Å². The lowest BCUT2D eigenvalue weighted by atomic mass is 10.1. The minimum Gasteiger partial charge on any atom is -0.395 e. The van der Waals surface area contributed by atoms with Crippen molar-refractivity contribution >= 4 is 11.8 Å². The Hall–Kier alpha value is -1.10. The van der Waals surface area contributed by atoms with Crippen molar-refractivity contribution in [3.8, 4) is 0 Å². The van der Waals surface area contributed by atoms with Gasteiger partial charge in [-0.2, -0.15) is 0 Å². The minimum atomic E-state index is -0.394. The van der Waals surface area contributed by atoms with E-state index in [9.17, 15) is 9.59 Å². The molecule has 0 bridgehead atoms. The van der Waals surface area contributed by atoms with Crippen LogP contribution in [0.25, 0.3) is 0 Å². The van der Waals surface area contributed by atoms with Gasteiger partial charge in [0.1, 0.15) is 6.04 Å². The highest BCUT2D eigenvalue weighted by Gasteiger charge is 2.32. The fourth-order valence-electron chi connectivity index (χ4n) is 2.31. The normalized spacial score (nSPS) is 19.5. The van der Waals surface area contributed by atoms with Crippen LogP contribution >= 0.6 is 0 Å². The quantitative estimate of drug-likeness (QED) is 0.702. The molecule has 1 aliphatic rings. The topological polar surface area (TPSA) is 69.6 Å². The van der Waals surface area contributed by atoms with Gasteiger partial charge in [-0.05, 0) is 19.3 Å². The van der Waals surface area contributed by atoms with E-state index < -0.39 is 6.04 Å². The summed E-state index contributed by atoms with van der Waals surface area (Å²) in [4.78, 5) is 25.1. The average Bonchev–Trinajstić information content (AvgIpc) is 2.75. The summed E-state index contributed by atoms with van der Waals surface area (Å²) in [5, 5.41) is 11.7. The van der Waals surface area contributed by atoms with Gasteiger partial charge in [-0.25, -0.2) is 0 Å². The van der Waals surface area contributed by atoms with Crippen molar-refractivity contribution in [1.29, 1.82) is 0 Å². The number of carbonyl (C=O) groups excluding carboxylic acids is 2. The van der Waals surface area contributed by atoms with E-state index in [1.165, 1.54) is 0 Å². The van der Waals surface area contributed by atoms with Crippen molar-refractivity contribution in [2.75, 3.05) is 13.2 Å². The number of nitrogens with one attached hydrogen (secondary N) is 1. The van der Waals surface area contributed by atoms with Crippen molar-refractivity contribution in [2.45, 2.75) is 51.6 Å². The molecule has 0 aromatic rings. The van der Waals surface area contributed by atoms with Crippen LogP contribution in [0.3, 0.4) is 0 Å². The summed E-state index contributed by atoms with van der Waals surface area (Å²) < 4.78 is 0. The third-order valence-electron chi connectivity index (χ3n) is 3.30. The van der Waals surface area contributed by atoms with E-state index in [-0.39, 0.29) is 24.5 Å². The van der Waals surface area contributed by atoms with Crippen LogP contribution in [-0.4, -0.2) is 47.1 Å². The van der Waals surface area contributed by atoms with Crippen molar-refractivity contribution in [3.63, 3.8) is 0 Å². The maximum atomic E-state index is 12.2. The highest BCUT2D eigenvalue weighted by molar-refractivity contribution is 5.90. The maximum absolute atomic E-state index is 12.2. The van der Waals surface area contributed by atoms with E-state index in [2.05, 4.69) is 5.32 Å². The Kier molecular flexibility index (Phi) is 5.41. The summed E-state index contributed by atoms with van der Waals surface area (Å²) in [6.45, 7) is 4.36. The zero-order chi connectivity index (χ0) is 12.8. The lowest BCUT2D eigenvalue weighted by Crippen LogP contribution is -2.49. The SMILES string of the molecule is CCC(CC)N(CCO)C(=O)C1CCC(=O)N1. The van der Waals surface area contributed by atoms with Gasteiger partial charge in [0.25, 0.3) is 0 Å². The van der Waals surface area contributed by atoms with Crippen LogP contribution in [0.15, 0.2) is 0 Å². The Morgan fingerprint density at radius 2 is 2.18 bits per heavy atom. The first kappa shape index (κ1) is 14.0. The van der Waals surface area contributed by atoms with Crippen LogP contribution in [0.2, 0.25) is 0 Å². The molecule has 98 valence electrons. The van der Waals surface area contributed by atoms with Crippen LogP contribution in [0.1, 0.15) is 39.5 Å². The van der Waals surface area contributed by atoms with Crippen LogP contribution < -0.4 is 5.32 Å².